The van der Waals surface area contributed by atoms with Crippen molar-refractivity contribution in [3.05, 3.63) is 22.8 Å². The zero-order chi connectivity index (χ0) is 11.5. The third-order valence-corrected chi connectivity index (χ3v) is 3.26. The molecule has 2 heterocycles. The molecule has 16 heavy (non-hydrogen) atoms. The van der Waals surface area contributed by atoms with Gasteiger partial charge in [-0.2, -0.15) is 0 Å². The van der Waals surface area contributed by atoms with Crippen LogP contribution in [0, 0.1) is 0 Å². The van der Waals surface area contributed by atoms with Crippen LogP contribution in [0.5, 0.6) is 0 Å². The number of halogens is 1. The van der Waals surface area contributed by atoms with Crippen LogP contribution in [0.15, 0.2) is 22.8 Å². The van der Waals surface area contributed by atoms with Crippen molar-refractivity contribution in [2.75, 3.05) is 11.4 Å². The number of hydrogen-bond acceptors (Lipinski definition) is 3. The quantitative estimate of drug-likeness (QED) is 0.905. The van der Waals surface area contributed by atoms with Crippen molar-refractivity contribution in [1.29, 1.82) is 0 Å². The molecule has 0 amide bonds. The van der Waals surface area contributed by atoms with Gasteiger partial charge in [-0.05, 0) is 47.3 Å². The minimum Gasteiger partial charge on any atom is -0.480 e. The van der Waals surface area contributed by atoms with E-state index in [1.54, 1.807) is 6.20 Å². The molecule has 1 N–H and O–H groups in total. The normalized spacial score (nSPS) is 20.8. The molecule has 1 saturated heterocycles. The summed E-state index contributed by atoms with van der Waals surface area (Å²) in [6.45, 7) is 0.769. The van der Waals surface area contributed by atoms with Gasteiger partial charge in [-0.3, -0.25) is 0 Å². The molecule has 0 bridgehead atoms. The van der Waals surface area contributed by atoms with Crippen LogP contribution in [0.1, 0.15) is 19.3 Å². The summed E-state index contributed by atoms with van der Waals surface area (Å²) in [5.41, 5.74) is 0. The van der Waals surface area contributed by atoms with Crippen LogP contribution in [-0.2, 0) is 4.79 Å². The van der Waals surface area contributed by atoms with Gasteiger partial charge in [-0.15, -0.1) is 0 Å². The first kappa shape index (κ1) is 11.4. The molecule has 0 saturated carbocycles. The van der Waals surface area contributed by atoms with E-state index in [1.165, 1.54) is 0 Å². The van der Waals surface area contributed by atoms with Crippen LogP contribution in [0.2, 0.25) is 0 Å². The Kier molecular flexibility index (Phi) is 3.43. The first-order chi connectivity index (χ1) is 7.68. The van der Waals surface area contributed by atoms with E-state index in [0.29, 0.717) is 6.42 Å². The molecule has 0 radical (unpaired) electrons. The highest BCUT2D eigenvalue weighted by atomic mass is 79.9. The number of hydrogen-bond donors (Lipinski definition) is 1. The molecular weight excluding hydrogens is 272 g/mol. The van der Waals surface area contributed by atoms with Crippen molar-refractivity contribution in [2.24, 2.45) is 0 Å². The van der Waals surface area contributed by atoms with Crippen molar-refractivity contribution in [3.8, 4) is 0 Å². The summed E-state index contributed by atoms with van der Waals surface area (Å²) >= 11 is 3.32. The maximum Gasteiger partial charge on any atom is 0.326 e. The zero-order valence-electron chi connectivity index (χ0n) is 8.77. The van der Waals surface area contributed by atoms with E-state index in [4.69, 9.17) is 5.11 Å². The van der Waals surface area contributed by atoms with Crippen LogP contribution in [0.3, 0.4) is 0 Å². The fourth-order valence-corrected chi connectivity index (χ4v) is 2.23. The third kappa shape index (κ3) is 2.35. The standard InChI is InChI=1S/C11H13BrN2O2/c12-8-4-5-10(13-7-8)14-6-2-1-3-9(14)11(15)16/h4-5,7,9H,1-3,6H2,(H,15,16)/t9-/m0/s1. The van der Waals surface area contributed by atoms with Gasteiger partial charge in [0.15, 0.2) is 0 Å². The van der Waals surface area contributed by atoms with Crippen molar-refractivity contribution in [2.45, 2.75) is 25.3 Å². The Hall–Kier alpha value is -1.10. The molecule has 0 aromatic carbocycles. The summed E-state index contributed by atoms with van der Waals surface area (Å²) in [5.74, 6) is -0.0141. The highest BCUT2D eigenvalue weighted by Gasteiger charge is 2.29. The average Bonchev–Trinajstić information content (AvgIpc) is 2.30. The summed E-state index contributed by atoms with van der Waals surface area (Å²) in [5, 5.41) is 9.15. The molecule has 0 aliphatic carbocycles. The van der Waals surface area contributed by atoms with Crippen LogP contribution in [0.4, 0.5) is 5.82 Å². The van der Waals surface area contributed by atoms with Crippen molar-refractivity contribution < 1.29 is 9.90 Å². The van der Waals surface area contributed by atoms with Crippen LogP contribution in [-0.4, -0.2) is 28.6 Å². The monoisotopic (exact) mass is 284 g/mol. The summed E-state index contributed by atoms with van der Waals surface area (Å²) in [7, 11) is 0. The summed E-state index contributed by atoms with van der Waals surface area (Å²) in [6.07, 6.45) is 4.40. The van der Waals surface area contributed by atoms with Gasteiger partial charge in [0.1, 0.15) is 11.9 Å². The largest absolute Gasteiger partial charge is 0.480 e. The SMILES string of the molecule is O=C(O)[C@@H]1CCCCN1c1ccc(Br)cn1. The average molecular weight is 285 g/mol. The number of carbonyl (C=O) groups is 1. The Bertz CT molecular complexity index is 380. The Morgan fingerprint density at radius 2 is 2.31 bits per heavy atom. The lowest BCUT2D eigenvalue weighted by Crippen LogP contribution is -2.45. The lowest BCUT2D eigenvalue weighted by Gasteiger charge is -2.33. The van der Waals surface area contributed by atoms with E-state index >= 15 is 0 Å². The van der Waals surface area contributed by atoms with Gasteiger partial charge in [0.05, 0.1) is 0 Å². The first-order valence-corrected chi connectivity index (χ1v) is 6.09. The second-order valence-corrected chi connectivity index (χ2v) is 4.79. The minimum absolute atomic E-state index is 0.428. The molecule has 1 aromatic heterocycles. The Morgan fingerprint density at radius 3 is 2.94 bits per heavy atom. The molecule has 1 aliphatic rings. The van der Waals surface area contributed by atoms with E-state index < -0.39 is 12.0 Å². The maximum absolute atomic E-state index is 11.1. The molecule has 0 spiro atoms. The number of aromatic nitrogens is 1. The van der Waals surface area contributed by atoms with Gasteiger partial charge in [-0.25, -0.2) is 9.78 Å². The number of carboxylic acids is 1. The number of piperidine rings is 1. The molecule has 2 rings (SSSR count). The Labute approximate surface area is 102 Å². The number of anilines is 1. The highest BCUT2D eigenvalue weighted by molar-refractivity contribution is 9.10. The second kappa shape index (κ2) is 4.82. The van der Waals surface area contributed by atoms with Gasteiger partial charge in [0, 0.05) is 17.2 Å². The number of pyridine rings is 1. The second-order valence-electron chi connectivity index (χ2n) is 3.88. The smallest absolute Gasteiger partial charge is 0.326 e. The van der Waals surface area contributed by atoms with E-state index in [-0.39, 0.29) is 0 Å². The van der Waals surface area contributed by atoms with E-state index in [2.05, 4.69) is 20.9 Å². The topological polar surface area (TPSA) is 53.4 Å². The van der Waals surface area contributed by atoms with Gasteiger partial charge in [-0.1, -0.05) is 0 Å². The molecular formula is C11H13BrN2O2. The lowest BCUT2D eigenvalue weighted by molar-refractivity contribution is -0.139. The molecule has 1 atom stereocenters. The van der Waals surface area contributed by atoms with Crippen LogP contribution >= 0.6 is 15.9 Å². The first-order valence-electron chi connectivity index (χ1n) is 5.29. The summed E-state index contributed by atoms with van der Waals surface area (Å²) in [6, 6.07) is 3.31. The fraction of sp³-hybridized carbons (Fsp3) is 0.455. The molecule has 1 aliphatic heterocycles. The molecule has 0 unspecified atom stereocenters. The van der Waals surface area contributed by atoms with E-state index in [0.717, 1.165) is 29.7 Å². The van der Waals surface area contributed by atoms with Gasteiger partial charge < -0.3 is 10.0 Å². The summed E-state index contributed by atoms with van der Waals surface area (Å²) in [4.78, 5) is 17.2. The molecule has 4 nitrogen and oxygen atoms in total. The van der Waals surface area contributed by atoms with Gasteiger partial charge in [0.2, 0.25) is 0 Å². The van der Waals surface area contributed by atoms with Crippen LogP contribution in [0.25, 0.3) is 0 Å². The number of nitrogens with zero attached hydrogens (tertiary/aromatic N) is 2. The van der Waals surface area contributed by atoms with Crippen molar-refractivity contribution in [1.82, 2.24) is 4.98 Å². The highest BCUT2D eigenvalue weighted by Crippen LogP contribution is 2.24. The predicted molar refractivity (Wildman–Crippen MR) is 64.6 cm³/mol. The van der Waals surface area contributed by atoms with Gasteiger partial charge >= 0.3 is 5.97 Å². The number of rotatable bonds is 2. The van der Waals surface area contributed by atoms with E-state index in [1.807, 2.05) is 17.0 Å². The maximum atomic E-state index is 11.1. The Balaban J connectivity index is 2.23. The minimum atomic E-state index is -0.760. The van der Waals surface area contributed by atoms with Crippen LogP contribution < -0.4 is 4.90 Å². The zero-order valence-corrected chi connectivity index (χ0v) is 10.4. The van der Waals surface area contributed by atoms with Crippen molar-refractivity contribution in [3.63, 3.8) is 0 Å². The molecule has 1 aromatic rings. The summed E-state index contributed by atoms with van der Waals surface area (Å²) < 4.78 is 0.903. The predicted octanol–water partition coefficient (Wildman–Crippen LogP) is 2.29. The van der Waals surface area contributed by atoms with E-state index in [9.17, 15) is 4.79 Å². The number of aliphatic carboxylic acids is 1. The molecule has 1 fully saturated rings. The van der Waals surface area contributed by atoms with Gasteiger partial charge in [0.25, 0.3) is 0 Å². The lowest BCUT2D eigenvalue weighted by atomic mass is 10.0. The number of carboxylic acid groups (broad SMARTS) is 1. The van der Waals surface area contributed by atoms with Crippen molar-refractivity contribution >= 4 is 27.7 Å². The molecule has 86 valence electrons. The molecule has 5 heteroatoms. The third-order valence-electron chi connectivity index (χ3n) is 2.79. The fourth-order valence-electron chi connectivity index (χ4n) is 2.00. The Morgan fingerprint density at radius 1 is 1.50 bits per heavy atom.